The number of H-pyrrole nitrogens is 1. The molecule has 0 fully saturated rings. The molecule has 0 saturated carbocycles. The quantitative estimate of drug-likeness (QED) is 0.754. The van der Waals surface area contributed by atoms with Crippen LogP contribution < -0.4 is 0 Å². The fraction of sp³-hybridized carbons (Fsp3) is 0.182. The van der Waals surface area contributed by atoms with Gasteiger partial charge in [0, 0.05) is 18.0 Å². The van der Waals surface area contributed by atoms with Gasteiger partial charge >= 0.3 is 5.97 Å². The molecule has 0 radical (unpaired) electrons. The molecule has 0 saturated heterocycles. The van der Waals surface area contributed by atoms with Crippen molar-refractivity contribution in [3.05, 3.63) is 29.0 Å². The van der Waals surface area contributed by atoms with Gasteiger partial charge in [0.1, 0.15) is 0 Å². The molecule has 5 heteroatoms. The number of hydrogen-bond donors (Lipinski definition) is 2. The molecule has 5 nitrogen and oxygen atoms in total. The van der Waals surface area contributed by atoms with E-state index in [-0.39, 0.29) is 5.69 Å². The second-order valence-corrected chi connectivity index (χ2v) is 3.73. The van der Waals surface area contributed by atoms with Gasteiger partial charge in [-0.3, -0.25) is 10.1 Å². The Morgan fingerprint density at radius 3 is 3.12 bits per heavy atom. The Balaban J connectivity index is 2.31. The number of aliphatic imine (C=N–C) groups is 1. The summed E-state index contributed by atoms with van der Waals surface area (Å²) in [5.74, 6) is -0.980. The van der Waals surface area contributed by atoms with Crippen molar-refractivity contribution in [1.29, 1.82) is 0 Å². The van der Waals surface area contributed by atoms with Crippen molar-refractivity contribution in [2.45, 2.75) is 13.0 Å². The third kappa shape index (κ3) is 1.14. The summed E-state index contributed by atoms with van der Waals surface area (Å²) >= 11 is 0. The topological polar surface area (TPSA) is 78.3 Å². The van der Waals surface area contributed by atoms with E-state index in [1.807, 2.05) is 12.3 Å². The Hall–Kier alpha value is -2.17. The number of aromatic carboxylic acids is 1. The summed E-state index contributed by atoms with van der Waals surface area (Å²) in [6, 6.07) is 3.72. The molecule has 0 unspecified atom stereocenters. The predicted octanol–water partition coefficient (Wildman–Crippen LogP) is 1.39. The van der Waals surface area contributed by atoms with Crippen LogP contribution in [0.15, 0.2) is 17.1 Å². The van der Waals surface area contributed by atoms with Crippen LogP contribution >= 0.6 is 0 Å². The van der Waals surface area contributed by atoms with Crippen LogP contribution in [0, 0.1) is 0 Å². The number of carboxylic acid groups (broad SMARTS) is 1. The Kier molecular flexibility index (Phi) is 1.80. The number of aromatic nitrogens is 2. The van der Waals surface area contributed by atoms with Gasteiger partial charge in [-0.25, -0.2) is 4.79 Å². The Morgan fingerprint density at radius 2 is 2.31 bits per heavy atom. The van der Waals surface area contributed by atoms with Gasteiger partial charge in [0.05, 0.1) is 12.1 Å². The number of hydrogen-bond acceptors (Lipinski definition) is 3. The first-order valence-electron chi connectivity index (χ1n) is 4.98. The lowest BCUT2D eigenvalue weighted by atomic mass is 9.99. The third-order valence-electron chi connectivity index (χ3n) is 2.83. The summed E-state index contributed by atoms with van der Waals surface area (Å²) in [4.78, 5) is 15.1. The van der Waals surface area contributed by atoms with Crippen molar-refractivity contribution in [2.75, 3.05) is 0 Å². The second-order valence-electron chi connectivity index (χ2n) is 3.73. The van der Waals surface area contributed by atoms with Crippen molar-refractivity contribution in [3.63, 3.8) is 0 Å². The van der Waals surface area contributed by atoms with Crippen molar-refractivity contribution < 1.29 is 9.90 Å². The lowest BCUT2D eigenvalue weighted by molar-refractivity contribution is 0.0692. The maximum Gasteiger partial charge on any atom is 0.354 e. The highest BCUT2D eigenvalue weighted by molar-refractivity contribution is 6.02. The summed E-state index contributed by atoms with van der Waals surface area (Å²) in [5, 5.41) is 16.3. The number of aromatic amines is 1. The van der Waals surface area contributed by atoms with Crippen LogP contribution in [0.1, 0.15) is 21.6 Å². The first kappa shape index (κ1) is 9.08. The van der Waals surface area contributed by atoms with E-state index in [0.717, 1.165) is 23.1 Å². The molecule has 3 rings (SSSR count). The zero-order valence-electron chi connectivity index (χ0n) is 8.40. The highest BCUT2D eigenvalue weighted by Gasteiger charge is 2.17. The van der Waals surface area contributed by atoms with Gasteiger partial charge in [-0.1, -0.05) is 6.07 Å². The summed E-state index contributed by atoms with van der Waals surface area (Å²) in [7, 11) is 0. The van der Waals surface area contributed by atoms with Crippen molar-refractivity contribution in [2.24, 2.45) is 4.99 Å². The lowest BCUT2D eigenvalue weighted by Gasteiger charge is -2.10. The van der Waals surface area contributed by atoms with Gasteiger partial charge in [-0.05, 0) is 17.2 Å². The van der Waals surface area contributed by atoms with Crippen molar-refractivity contribution in [1.82, 2.24) is 10.2 Å². The molecule has 1 aliphatic heterocycles. The zero-order chi connectivity index (χ0) is 11.1. The van der Waals surface area contributed by atoms with E-state index in [0.29, 0.717) is 11.9 Å². The normalized spacial score (nSPS) is 14.0. The van der Waals surface area contributed by atoms with Crippen LogP contribution in [-0.4, -0.2) is 27.5 Å². The smallest absolute Gasteiger partial charge is 0.354 e. The van der Waals surface area contributed by atoms with Crippen LogP contribution in [0.25, 0.3) is 10.9 Å². The van der Waals surface area contributed by atoms with E-state index in [9.17, 15) is 4.79 Å². The van der Waals surface area contributed by atoms with Crippen LogP contribution in [-0.2, 0) is 13.0 Å². The molecule has 0 aliphatic carbocycles. The number of carbonyl (C=O) groups is 1. The van der Waals surface area contributed by atoms with E-state index < -0.39 is 5.97 Å². The van der Waals surface area contributed by atoms with Gasteiger partial charge in [0.15, 0.2) is 5.69 Å². The highest BCUT2D eigenvalue weighted by atomic mass is 16.4. The van der Waals surface area contributed by atoms with Gasteiger partial charge in [-0.2, -0.15) is 5.10 Å². The van der Waals surface area contributed by atoms with Gasteiger partial charge in [0.25, 0.3) is 0 Å². The lowest BCUT2D eigenvalue weighted by Crippen LogP contribution is -2.02. The predicted molar refractivity (Wildman–Crippen MR) is 59.0 cm³/mol. The Bertz CT molecular complexity index is 613. The molecular formula is C11H9N3O2. The number of nitrogens with zero attached hydrogens (tertiary/aromatic N) is 2. The van der Waals surface area contributed by atoms with E-state index in [1.165, 1.54) is 0 Å². The molecule has 0 atom stereocenters. The van der Waals surface area contributed by atoms with Gasteiger partial charge < -0.3 is 5.11 Å². The first-order chi connectivity index (χ1) is 7.77. The van der Waals surface area contributed by atoms with Crippen LogP contribution in [0.4, 0.5) is 0 Å². The molecule has 80 valence electrons. The summed E-state index contributed by atoms with van der Waals surface area (Å²) < 4.78 is 0. The van der Waals surface area contributed by atoms with Gasteiger partial charge in [0.2, 0.25) is 0 Å². The summed E-state index contributed by atoms with van der Waals surface area (Å²) in [6.07, 6.45) is 2.56. The molecule has 2 heterocycles. The fourth-order valence-corrected chi connectivity index (χ4v) is 2.04. The minimum Gasteiger partial charge on any atom is -0.477 e. The second kappa shape index (κ2) is 3.16. The monoisotopic (exact) mass is 215 g/mol. The molecule has 0 bridgehead atoms. The Morgan fingerprint density at radius 1 is 1.44 bits per heavy atom. The average Bonchev–Trinajstić information content (AvgIpc) is 2.73. The molecular weight excluding hydrogens is 206 g/mol. The van der Waals surface area contributed by atoms with E-state index in [1.54, 1.807) is 6.07 Å². The maximum atomic E-state index is 10.9. The first-order valence-corrected chi connectivity index (χ1v) is 4.98. The number of benzene rings is 1. The molecule has 0 spiro atoms. The number of carboxylic acids is 1. The number of fused-ring (bicyclic) bond motifs is 3. The fourth-order valence-electron chi connectivity index (χ4n) is 2.04. The maximum absolute atomic E-state index is 10.9. The molecule has 16 heavy (non-hydrogen) atoms. The third-order valence-corrected chi connectivity index (χ3v) is 2.83. The number of rotatable bonds is 1. The minimum atomic E-state index is -0.980. The molecule has 1 aliphatic rings. The van der Waals surface area contributed by atoms with Crippen molar-refractivity contribution >= 4 is 23.1 Å². The van der Waals surface area contributed by atoms with E-state index in [4.69, 9.17) is 5.11 Å². The Labute approximate surface area is 90.8 Å². The highest BCUT2D eigenvalue weighted by Crippen LogP contribution is 2.25. The molecule has 2 aromatic rings. The average molecular weight is 215 g/mol. The molecule has 1 aromatic heterocycles. The largest absolute Gasteiger partial charge is 0.477 e. The van der Waals surface area contributed by atoms with E-state index in [2.05, 4.69) is 15.2 Å². The zero-order valence-corrected chi connectivity index (χ0v) is 8.40. The summed E-state index contributed by atoms with van der Waals surface area (Å²) in [6.45, 7) is 0.653. The SMILES string of the molecule is O=C(O)c1[nH]nc2c3c(ccc12)CN=CC3. The molecule has 1 aromatic carbocycles. The van der Waals surface area contributed by atoms with Crippen molar-refractivity contribution in [3.8, 4) is 0 Å². The molecule has 2 N–H and O–H groups in total. The standard InChI is InChI=1S/C11H9N3O2/c15-11(16)10-8-2-1-6-5-12-4-3-7(6)9(8)13-14-10/h1-2,4H,3,5H2,(H,13,14)(H,15,16). The number of nitrogens with one attached hydrogen (secondary N) is 1. The van der Waals surface area contributed by atoms with Gasteiger partial charge in [-0.15, -0.1) is 0 Å². The van der Waals surface area contributed by atoms with Crippen LogP contribution in [0.3, 0.4) is 0 Å². The van der Waals surface area contributed by atoms with Crippen LogP contribution in [0.5, 0.6) is 0 Å². The van der Waals surface area contributed by atoms with E-state index >= 15 is 0 Å². The molecule has 0 amide bonds. The summed E-state index contributed by atoms with van der Waals surface area (Å²) in [5.41, 5.74) is 3.11. The minimum absolute atomic E-state index is 0.153. The van der Waals surface area contributed by atoms with Crippen LogP contribution in [0.2, 0.25) is 0 Å².